The van der Waals surface area contributed by atoms with Crippen molar-refractivity contribution in [2.24, 2.45) is 28.7 Å². The van der Waals surface area contributed by atoms with Crippen LogP contribution in [0.5, 0.6) is 0 Å². The minimum atomic E-state index is -0.658. The summed E-state index contributed by atoms with van der Waals surface area (Å²) in [4.78, 5) is 21.5. The molecule has 168 valence electrons. The summed E-state index contributed by atoms with van der Waals surface area (Å²) in [7, 11) is 0. The average Bonchev–Trinajstić information content (AvgIpc) is 3.07. The fourth-order valence-corrected chi connectivity index (χ4v) is 6.50. The number of carbonyl (C=O) groups excluding carboxylic acids is 1. The number of carbonyl (C=O) groups is 1. The molecular weight excluding hydrogens is 394 g/mol. The second-order valence-corrected chi connectivity index (χ2v) is 10.6. The summed E-state index contributed by atoms with van der Waals surface area (Å²) in [5.74, 6) is 1.94. The van der Waals surface area contributed by atoms with Crippen molar-refractivity contribution in [2.75, 3.05) is 13.1 Å². The number of amides is 1. The normalized spacial score (nSPS) is 30.8. The van der Waals surface area contributed by atoms with E-state index in [0.29, 0.717) is 30.3 Å². The highest BCUT2D eigenvalue weighted by Gasteiger charge is 2.63. The zero-order valence-corrected chi connectivity index (χ0v) is 19.5. The molecule has 4 heteroatoms. The highest BCUT2D eigenvalue weighted by atomic mass is 16.2. The Kier molecular flexibility index (Phi) is 5.66. The van der Waals surface area contributed by atoms with Gasteiger partial charge in [-0.2, -0.15) is 0 Å². The van der Waals surface area contributed by atoms with Crippen LogP contribution in [-0.4, -0.2) is 41.7 Å². The Morgan fingerprint density at radius 1 is 1.16 bits per heavy atom. The molecule has 0 radical (unpaired) electrons. The quantitative estimate of drug-likeness (QED) is 0.714. The van der Waals surface area contributed by atoms with Crippen molar-refractivity contribution in [3.63, 3.8) is 0 Å². The Morgan fingerprint density at radius 3 is 2.69 bits per heavy atom. The fourth-order valence-electron chi connectivity index (χ4n) is 6.50. The van der Waals surface area contributed by atoms with E-state index in [-0.39, 0.29) is 11.8 Å². The summed E-state index contributed by atoms with van der Waals surface area (Å²) < 4.78 is 0. The topological polar surface area (TPSA) is 44.7 Å². The molecule has 3 heterocycles. The Bertz CT molecular complexity index is 1000. The summed E-state index contributed by atoms with van der Waals surface area (Å²) in [5.41, 5.74) is 3.07. The third-order valence-corrected chi connectivity index (χ3v) is 7.73. The minimum absolute atomic E-state index is 0.106. The number of aliphatic imine (C=N–C) groups is 1. The van der Waals surface area contributed by atoms with Gasteiger partial charge < -0.3 is 5.32 Å². The molecular formula is C28H35N3O. The van der Waals surface area contributed by atoms with E-state index in [1.54, 1.807) is 0 Å². The van der Waals surface area contributed by atoms with Crippen LogP contribution in [0.25, 0.3) is 0 Å². The molecule has 5 atom stereocenters. The van der Waals surface area contributed by atoms with Crippen molar-refractivity contribution in [3.8, 4) is 0 Å². The lowest BCUT2D eigenvalue weighted by Gasteiger charge is -2.51. The first-order valence-corrected chi connectivity index (χ1v) is 12.1. The Morgan fingerprint density at radius 2 is 1.94 bits per heavy atom. The predicted molar refractivity (Wildman–Crippen MR) is 130 cm³/mol. The number of likely N-dealkylation sites (tertiary alicyclic amines) is 1. The van der Waals surface area contributed by atoms with Gasteiger partial charge in [-0.25, -0.2) is 0 Å². The summed E-state index contributed by atoms with van der Waals surface area (Å²) in [6, 6.07) is 19.4. The Hall–Kier alpha value is -2.46. The molecule has 1 N–H and O–H groups in total. The van der Waals surface area contributed by atoms with E-state index < -0.39 is 5.54 Å². The third kappa shape index (κ3) is 3.79. The first-order chi connectivity index (χ1) is 15.5. The summed E-state index contributed by atoms with van der Waals surface area (Å²) in [6.07, 6.45) is 3.92. The first kappa shape index (κ1) is 21.4. The van der Waals surface area contributed by atoms with E-state index in [9.17, 15) is 4.79 Å². The SMILES string of the molecule is Cc1cccc(C[C@H]2[C@@H]3[C@@H]4C=N[C@@]2(C(=O)NCc2ccccc2)C[C@@H]4CN3CC(C)C)c1. The highest BCUT2D eigenvalue weighted by Crippen LogP contribution is 2.54. The monoisotopic (exact) mass is 429 g/mol. The van der Waals surface area contributed by atoms with Gasteiger partial charge in [0, 0.05) is 43.7 Å². The number of benzene rings is 2. The van der Waals surface area contributed by atoms with E-state index in [2.05, 4.69) is 73.6 Å². The number of nitrogens with one attached hydrogen (secondary N) is 1. The molecule has 4 bridgehead atoms. The second-order valence-electron chi connectivity index (χ2n) is 10.6. The molecule has 0 spiro atoms. The van der Waals surface area contributed by atoms with Crippen LogP contribution in [0, 0.1) is 30.6 Å². The van der Waals surface area contributed by atoms with Gasteiger partial charge in [-0.3, -0.25) is 14.7 Å². The maximum Gasteiger partial charge on any atom is 0.248 e. The zero-order valence-electron chi connectivity index (χ0n) is 19.5. The van der Waals surface area contributed by atoms with Crippen LogP contribution < -0.4 is 5.32 Å². The molecule has 6 rings (SSSR count). The van der Waals surface area contributed by atoms with Crippen LogP contribution in [0.3, 0.4) is 0 Å². The van der Waals surface area contributed by atoms with Crippen molar-refractivity contribution < 1.29 is 4.79 Å². The van der Waals surface area contributed by atoms with Crippen LogP contribution in [0.4, 0.5) is 0 Å². The molecule has 0 unspecified atom stereocenters. The van der Waals surface area contributed by atoms with Gasteiger partial charge in [0.25, 0.3) is 0 Å². The van der Waals surface area contributed by atoms with Gasteiger partial charge in [-0.05, 0) is 42.7 Å². The molecule has 1 aliphatic carbocycles. The van der Waals surface area contributed by atoms with Gasteiger partial charge in [0.05, 0.1) is 0 Å². The number of rotatable bonds is 7. The van der Waals surface area contributed by atoms with Crippen molar-refractivity contribution >= 4 is 12.1 Å². The van der Waals surface area contributed by atoms with Crippen LogP contribution in [0.15, 0.2) is 59.6 Å². The molecule has 1 amide bonds. The summed E-state index contributed by atoms with van der Waals surface area (Å²) in [6.45, 7) is 9.49. The molecule has 1 saturated carbocycles. The number of nitrogens with zero attached hydrogens (tertiary/aromatic N) is 2. The minimum Gasteiger partial charge on any atom is -0.350 e. The molecule has 4 aliphatic rings. The van der Waals surface area contributed by atoms with Gasteiger partial charge in [0.15, 0.2) is 0 Å². The predicted octanol–water partition coefficient (Wildman–Crippen LogP) is 4.27. The molecule has 2 fully saturated rings. The molecule has 1 saturated heterocycles. The molecule has 3 aliphatic heterocycles. The van der Waals surface area contributed by atoms with Crippen molar-refractivity contribution in [1.29, 1.82) is 0 Å². The lowest BCUT2D eigenvalue weighted by atomic mass is 9.59. The molecule has 2 aromatic carbocycles. The standard InChI is InChI=1S/C28H35N3O/c1-19(2)17-31-18-23-14-28(27(32)29-15-21-9-5-4-6-10-21)25(26(31)24(23)16-30-28)13-22-11-7-8-20(3)12-22/h4-12,16,19,23-26H,13-15,17-18H2,1-3H3,(H,29,32)/t23-,24-,25+,26+,28+/m1/s1. The summed E-state index contributed by atoms with van der Waals surface area (Å²) >= 11 is 0. The molecule has 4 nitrogen and oxygen atoms in total. The smallest absolute Gasteiger partial charge is 0.248 e. The summed E-state index contributed by atoms with van der Waals surface area (Å²) in [5, 5.41) is 3.27. The Labute approximate surface area is 192 Å². The first-order valence-electron chi connectivity index (χ1n) is 12.1. The van der Waals surface area contributed by atoms with Gasteiger partial charge >= 0.3 is 0 Å². The van der Waals surface area contributed by atoms with E-state index >= 15 is 0 Å². The fraction of sp³-hybridized carbons (Fsp3) is 0.500. The van der Waals surface area contributed by atoms with Crippen LogP contribution in [0.2, 0.25) is 0 Å². The Balaban J connectivity index is 1.47. The van der Waals surface area contributed by atoms with Gasteiger partial charge in [0.2, 0.25) is 5.91 Å². The van der Waals surface area contributed by atoms with Crippen LogP contribution in [0.1, 0.15) is 37.0 Å². The zero-order chi connectivity index (χ0) is 22.3. The largest absolute Gasteiger partial charge is 0.350 e. The average molecular weight is 430 g/mol. The lowest BCUT2D eigenvalue weighted by molar-refractivity contribution is -0.132. The molecule has 2 aromatic rings. The van der Waals surface area contributed by atoms with E-state index in [0.717, 1.165) is 31.5 Å². The van der Waals surface area contributed by atoms with Gasteiger partial charge in [-0.15, -0.1) is 0 Å². The van der Waals surface area contributed by atoms with Crippen molar-refractivity contribution in [1.82, 2.24) is 10.2 Å². The second kappa shape index (κ2) is 8.47. The number of hydrogen-bond donors (Lipinski definition) is 1. The third-order valence-electron chi connectivity index (χ3n) is 7.73. The van der Waals surface area contributed by atoms with Crippen LogP contribution in [-0.2, 0) is 17.8 Å². The maximum absolute atomic E-state index is 13.8. The van der Waals surface area contributed by atoms with Crippen molar-refractivity contribution in [3.05, 3.63) is 71.3 Å². The van der Waals surface area contributed by atoms with E-state index in [1.807, 2.05) is 18.2 Å². The van der Waals surface area contributed by atoms with E-state index in [1.165, 1.54) is 11.1 Å². The van der Waals surface area contributed by atoms with Crippen LogP contribution >= 0.6 is 0 Å². The van der Waals surface area contributed by atoms with Gasteiger partial charge in [-0.1, -0.05) is 74.0 Å². The van der Waals surface area contributed by atoms with Gasteiger partial charge in [0.1, 0.15) is 5.54 Å². The lowest BCUT2D eigenvalue weighted by Crippen LogP contribution is -2.64. The highest BCUT2D eigenvalue weighted by molar-refractivity contribution is 5.91. The number of hydrogen-bond acceptors (Lipinski definition) is 3. The maximum atomic E-state index is 13.8. The molecule has 0 aromatic heterocycles. The number of aryl methyl sites for hydroxylation is 1. The van der Waals surface area contributed by atoms with Crippen molar-refractivity contribution in [2.45, 2.75) is 51.7 Å². The van der Waals surface area contributed by atoms with E-state index in [4.69, 9.17) is 4.99 Å². The molecule has 32 heavy (non-hydrogen) atoms.